The number of piperidine rings is 1. The molecule has 7 heteroatoms. The van der Waals surface area contributed by atoms with Crippen molar-refractivity contribution in [2.75, 3.05) is 11.4 Å². The van der Waals surface area contributed by atoms with Crippen LogP contribution in [0.3, 0.4) is 0 Å². The van der Waals surface area contributed by atoms with E-state index in [2.05, 4.69) is 9.72 Å². The van der Waals surface area contributed by atoms with E-state index in [4.69, 9.17) is 17.3 Å². The number of carbonyl (C=O) groups is 2. The summed E-state index contributed by atoms with van der Waals surface area (Å²) < 4.78 is 4.58. The summed E-state index contributed by atoms with van der Waals surface area (Å²) in [6.07, 6.45) is 1.92. The van der Waals surface area contributed by atoms with Crippen LogP contribution in [0.4, 0.5) is 10.6 Å². The molecule has 0 saturated carbocycles. The van der Waals surface area contributed by atoms with Crippen LogP contribution >= 0.6 is 11.6 Å². The molecule has 1 aliphatic rings. The van der Waals surface area contributed by atoms with Gasteiger partial charge in [0, 0.05) is 13.0 Å². The van der Waals surface area contributed by atoms with Crippen molar-refractivity contribution in [2.24, 2.45) is 5.73 Å². The van der Waals surface area contributed by atoms with Crippen molar-refractivity contribution in [1.82, 2.24) is 4.98 Å². The van der Waals surface area contributed by atoms with Gasteiger partial charge in [-0.15, -0.1) is 0 Å². The molecule has 1 saturated heterocycles. The average Bonchev–Trinajstić information content (AvgIpc) is 2.40. The predicted molar refractivity (Wildman–Crippen MR) is 90.6 cm³/mol. The Kier molecular flexibility index (Phi) is 6.81. The summed E-state index contributed by atoms with van der Waals surface area (Å²) in [6, 6.07) is 3.64. The topological polar surface area (TPSA) is 85.5 Å². The number of amides is 2. The Morgan fingerprint density at radius 2 is 2.00 bits per heavy atom. The number of rotatable bonds is 1. The monoisotopic (exact) mass is 341 g/mol. The molecule has 1 aromatic rings. The molecule has 0 radical (unpaired) electrons. The van der Waals surface area contributed by atoms with Crippen LogP contribution in [-0.4, -0.2) is 29.1 Å². The maximum atomic E-state index is 11.7. The maximum Gasteiger partial charge on any atom is 0.405 e. The van der Waals surface area contributed by atoms with Gasteiger partial charge in [-0.2, -0.15) is 0 Å². The number of halogens is 1. The first-order valence-electron chi connectivity index (χ1n) is 7.52. The van der Waals surface area contributed by atoms with Crippen LogP contribution in [0.15, 0.2) is 12.1 Å². The Labute approximate surface area is 142 Å². The number of aromatic nitrogens is 1. The maximum absolute atomic E-state index is 11.7. The molecular formula is C16H24ClN3O3. The highest BCUT2D eigenvalue weighted by molar-refractivity contribution is 6.29. The van der Waals surface area contributed by atoms with E-state index in [-0.39, 0.29) is 5.91 Å². The van der Waals surface area contributed by atoms with E-state index in [0.29, 0.717) is 17.4 Å². The molecule has 2 rings (SSSR count). The summed E-state index contributed by atoms with van der Waals surface area (Å²) in [5.74, 6) is 0.867. The van der Waals surface area contributed by atoms with Crippen molar-refractivity contribution in [2.45, 2.75) is 52.6 Å². The summed E-state index contributed by atoms with van der Waals surface area (Å²) in [4.78, 5) is 27.7. The van der Waals surface area contributed by atoms with Crippen molar-refractivity contribution in [3.63, 3.8) is 0 Å². The largest absolute Gasteiger partial charge is 0.444 e. The van der Waals surface area contributed by atoms with Gasteiger partial charge in [0.2, 0.25) is 5.91 Å². The van der Waals surface area contributed by atoms with Gasteiger partial charge in [-0.3, -0.25) is 9.69 Å². The number of nitrogens with two attached hydrogens (primary N) is 1. The lowest BCUT2D eigenvalue weighted by Gasteiger charge is -2.27. The lowest BCUT2D eigenvalue weighted by atomic mass is 10.1. The summed E-state index contributed by atoms with van der Waals surface area (Å²) in [5, 5.41) is 0.439. The van der Waals surface area contributed by atoms with E-state index in [1.165, 1.54) is 0 Å². The first-order chi connectivity index (χ1) is 10.6. The van der Waals surface area contributed by atoms with Crippen LogP contribution in [0.5, 0.6) is 0 Å². The predicted octanol–water partition coefficient (Wildman–Crippen LogP) is 3.44. The van der Waals surface area contributed by atoms with Gasteiger partial charge in [0.25, 0.3) is 0 Å². The number of carbonyl (C=O) groups excluding carboxylic acids is 2. The third-order valence-electron chi connectivity index (χ3n) is 3.02. The zero-order valence-corrected chi connectivity index (χ0v) is 14.8. The molecule has 1 aromatic heterocycles. The molecule has 1 aliphatic heterocycles. The Morgan fingerprint density at radius 3 is 2.48 bits per heavy atom. The molecule has 0 spiro atoms. The molecule has 1 fully saturated rings. The minimum atomic E-state index is -0.725. The van der Waals surface area contributed by atoms with Crippen LogP contribution in [0.2, 0.25) is 5.15 Å². The summed E-state index contributed by atoms with van der Waals surface area (Å²) in [7, 11) is 0. The molecule has 0 aliphatic carbocycles. The Bertz CT molecular complexity index is 570. The number of anilines is 1. The molecule has 6 nitrogen and oxygen atoms in total. The normalized spacial score (nSPS) is 14.8. The number of hydrogen-bond acceptors (Lipinski definition) is 4. The van der Waals surface area contributed by atoms with Crippen molar-refractivity contribution in [3.8, 4) is 0 Å². The van der Waals surface area contributed by atoms with Crippen molar-refractivity contribution >= 4 is 29.4 Å². The smallest absolute Gasteiger partial charge is 0.405 e. The molecular weight excluding hydrogens is 318 g/mol. The second-order valence-electron chi connectivity index (χ2n) is 6.31. The average molecular weight is 342 g/mol. The van der Waals surface area contributed by atoms with E-state index in [0.717, 1.165) is 24.9 Å². The van der Waals surface area contributed by atoms with Gasteiger partial charge >= 0.3 is 6.09 Å². The van der Waals surface area contributed by atoms with E-state index >= 15 is 0 Å². The quantitative estimate of drug-likeness (QED) is 0.793. The minimum absolute atomic E-state index is 0.152. The first-order valence-corrected chi connectivity index (χ1v) is 7.90. The van der Waals surface area contributed by atoms with Crippen LogP contribution in [0, 0.1) is 6.92 Å². The molecule has 0 bridgehead atoms. The highest BCUT2D eigenvalue weighted by atomic mass is 35.5. The summed E-state index contributed by atoms with van der Waals surface area (Å²) in [6.45, 7) is 7.99. The van der Waals surface area contributed by atoms with E-state index in [9.17, 15) is 9.59 Å². The van der Waals surface area contributed by atoms with Gasteiger partial charge < -0.3 is 10.5 Å². The Hall–Kier alpha value is -1.82. The van der Waals surface area contributed by atoms with Crippen LogP contribution < -0.4 is 10.6 Å². The van der Waals surface area contributed by atoms with Crippen LogP contribution in [0.1, 0.15) is 45.6 Å². The highest BCUT2D eigenvalue weighted by Gasteiger charge is 2.22. The third-order valence-corrected chi connectivity index (χ3v) is 3.23. The Morgan fingerprint density at radius 1 is 1.35 bits per heavy atom. The second kappa shape index (κ2) is 8.15. The standard InChI is InChI=1S/C11H13ClN2O.C5H11NO2/c1-8-5-6-9(12)13-11(8)14-7-3-2-4-10(14)15;1-5(2,3)8-4(6)7/h5-6H,2-4,7H2,1H3;1-3H3,(H2,6,7). The zero-order valence-electron chi connectivity index (χ0n) is 14.1. The van der Waals surface area contributed by atoms with Crippen molar-refractivity contribution in [3.05, 3.63) is 22.8 Å². The molecule has 2 N–H and O–H groups in total. The van der Waals surface area contributed by atoms with Crippen molar-refractivity contribution in [1.29, 1.82) is 0 Å². The highest BCUT2D eigenvalue weighted by Crippen LogP contribution is 2.23. The summed E-state index contributed by atoms with van der Waals surface area (Å²) >= 11 is 5.83. The molecule has 0 unspecified atom stereocenters. The van der Waals surface area contributed by atoms with Crippen LogP contribution in [0.25, 0.3) is 0 Å². The fraction of sp³-hybridized carbons (Fsp3) is 0.562. The number of pyridine rings is 1. The minimum Gasteiger partial charge on any atom is -0.444 e. The number of ether oxygens (including phenoxy) is 1. The fourth-order valence-corrected chi connectivity index (χ4v) is 2.24. The fourth-order valence-electron chi connectivity index (χ4n) is 2.10. The second-order valence-corrected chi connectivity index (χ2v) is 6.70. The van der Waals surface area contributed by atoms with E-state index in [1.807, 2.05) is 13.0 Å². The van der Waals surface area contributed by atoms with Crippen molar-refractivity contribution < 1.29 is 14.3 Å². The molecule has 128 valence electrons. The van der Waals surface area contributed by atoms with E-state index in [1.54, 1.807) is 31.7 Å². The first kappa shape index (κ1) is 19.2. The van der Waals surface area contributed by atoms with Crippen LogP contribution in [-0.2, 0) is 9.53 Å². The zero-order chi connectivity index (χ0) is 17.6. The van der Waals surface area contributed by atoms with Gasteiger partial charge in [-0.1, -0.05) is 17.7 Å². The van der Waals surface area contributed by atoms with E-state index < -0.39 is 11.7 Å². The van der Waals surface area contributed by atoms with Gasteiger partial charge in [0.1, 0.15) is 16.6 Å². The Balaban J connectivity index is 0.000000284. The van der Waals surface area contributed by atoms with Gasteiger partial charge in [-0.25, -0.2) is 9.78 Å². The van der Waals surface area contributed by atoms with Gasteiger partial charge in [0.05, 0.1) is 0 Å². The molecule has 0 atom stereocenters. The third kappa shape index (κ3) is 6.86. The molecule has 23 heavy (non-hydrogen) atoms. The summed E-state index contributed by atoms with van der Waals surface area (Å²) in [5.41, 5.74) is 5.26. The van der Waals surface area contributed by atoms with Gasteiger partial charge in [0.15, 0.2) is 0 Å². The number of aryl methyl sites for hydroxylation is 1. The molecule has 2 amide bonds. The lowest BCUT2D eigenvalue weighted by molar-refractivity contribution is -0.119. The van der Waals surface area contributed by atoms with Gasteiger partial charge in [-0.05, 0) is 52.2 Å². The number of hydrogen-bond donors (Lipinski definition) is 1. The lowest BCUT2D eigenvalue weighted by Crippen LogP contribution is -2.36. The number of primary amides is 1. The SMILES string of the molecule is CC(C)(C)OC(N)=O.Cc1ccc(Cl)nc1N1CCCCC1=O. The molecule has 2 heterocycles. The number of nitrogens with zero attached hydrogens (tertiary/aromatic N) is 2. The molecule has 0 aromatic carbocycles.